The second kappa shape index (κ2) is 5.81. The minimum Gasteiger partial charge on any atom is -0.480 e. The van der Waals surface area contributed by atoms with Gasteiger partial charge < -0.3 is 10.4 Å². The van der Waals surface area contributed by atoms with Crippen molar-refractivity contribution in [3.63, 3.8) is 0 Å². The fraction of sp³-hybridized carbons (Fsp3) is 0.429. The van der Waals surface area contributed by atoms with Gasteiger partial charge in [-0.2, -0.15) is 0 Å². The number of halogens is 1. The third-order valence-electron chi connectivity index (χ3n) is 3.50. The van der Waals surface area contributed by atoms with Crippen LogP contribution in [0.2, 0.25) is 5.02 Å². The summed E-state index contributed by atoms with van der Waals surface area (Å²) in [4.78, 5) is 25.0. The minimum absolute atomic E-state index is 0.236. The van der Waals surface area contributed by atoms with Crippen LogP contribution in [-0.2, 0) is 9.59 Å². The number of rotatable bonds is 4. The molecule has 0 spiro atoms. The lowest BCUT2D eigenvalue weighted by Gasteiger charge is -2.31. The van der Waals surface area contributed by atoms with Crippen LogP contribution >= 0.6 is 11.6 Å². The minimum atomic E-state index is -1.06. The van der Waals surface area contributed by atoms with Gasteiger partial charge in [-0.15, -0.1) is 0 Å². The lowest BCUT2D eigenvalue weighted by Crippen LogP contribution is -2.54. The molecule has 0 aromatic heterocycles. The number of carbonyl (C=O) groups is 2. The Hall–Kier alpha value is -1.59. The fourth-order valence-corrected chi connectivity index (χ4v) is 2.62. The van der Waals surface area contributed by atoms with Crippen LogP contribution in [-0.4, -0.2) is 35.6 Å². The summed E-state index contributed by atoms with van der Waals surface area (Å²) in [6, 6.07) is 6.67. The van der Waals surface area contributed by atoms with Crippen LogP contribution in [0.3, 0.4) is 0 Å². The maximum absolute atomic E-state index is 12.7. The van der Waals surface area contributed by atoms with Crippen LogP contribution in [0.5, 0.6) is 0 Å². The number of amides is 1. The Morgan fingerprint density at radius 2 is 2.25 bits per heavy atom. The van der Waals surface area contributed by atoms with E-state index >= 15 is 0 Å². The van der Waals surface area contributed by atoms with Gasteiger partial charge in [0.25, 0.3) is 0 Å². The maximum Gasteiger partial charge on any atom is 0.323 e. The zero-order chi connectivity index (χ0) is 14.8. The fourth-order valence-electron chi connectivity index (χ4n) is 2.43. The average molecular weight is 297 g/mol. The molecule has 0 radical (unpaired) electrons. The molecule has 1 aromatic rings. The van der Waals surface area contributed by atoms with Gasteiger partial charge in [0.1, 0.15) is 6.54 Å². The summed E-state index contributed by atoms with van der Waals surface area (Å²) in [6.07, 6.45) is 1.60. The van der Waals surface area contributed by atoms with E-state index in [9.17, 15) is 9.59 Å². The molecule has 2 N–H and O–H groups in total. The van der Waals surface area contributed by atoms with Crippen molar-refractivity contribution in [3.8, 4) is 0 Å². The van der Waals surface area contributed by atoms with Crippen LogP contribution in [0.1, 0.15) is 19.8 Å². The molecule has 1 amide bonds. The third kappa shape index (κ3) is 3.11. The first kappa shape index (κ1) is 14.8. The summed E-state index contributed by atoms with van der Waals surface area (Å²) >= 11 is 5.92. The number of carboxylic acid groups (broad SMARTS) is 1. The van der Waals surface area contributed by atoms with Crippen molar-refractivity contribution in [1.29, 1.82) is 0 Å². The Labute approximate surface area is 122 Å². The van der Waals surface area contributed by atoms with E-state index in [1.807, 2.05) is 6.92 Å². The molecule has 1 unspecified atom stereocenters. The summed E-state index contributed by atoms with van der Waals surface area (Å²) in [5, 5.41) is 12.7. The monoisotopic (exact) mass is 296 g/mol. The highest BCUT2D eigenvalue weighted by Gasteiger charge is 2.40. The number of carbonyl (C=O) groups excluding carboxylic acids is 1. The van der Waals surface area contributed by atoms with Crippen LogP contribution in [0.4, 0.5) is 5.69 Å². The SMILES string of the molecule is CC1(C(=O)N(CC(=O)O)c2cccc(Cl)c2)CCCN1. The largest absolute Gasteiger partial charge is 0.480 e. The number of anilines is 1. The van der Waals surface area contributed by atoms with Gasteiger partial charge in [-0.25, -0.2) is 0 Å². The molecule has 0 saturated carbocycles. The van der Waals surface area contributed by atoms with E-state index in [4.69, 9.17) is 16.7 Å². The number of benzene rings is 1. The second-order valence-corrected chi connectivity index (χ2v) is 5.56. The van der Waals surface area contributed by atoms with Crippen molar-refractivity contribution in [1.82, 2.24) is 5.32 Å². The van der Waals surface area contributed by atoms with Crippen LogP contribution < -0.4 is 10.2 Å². The van der Waals surface area contributed by atoms with E-state index in [0.717, 1.165) is 13.0 Å². The van der Waals surface area contributed by atoms with E-state index in [-0.39, 0.29) is 12.5 Å². The first-order valence-electron chi connectivity index (χ1n) is 6.47. The van der Waals surface area contributed by atoms with Gasteiger partial charge in [0.2, 0.25) is 5.91 Å². The van der Waals surface area contributed by atoms with Crippen molar-refractivity contribution in [2.75, 3.05) is 18.0 Å². The molecular formula is C14H17ClN2O3. The van der Waals surface area contributed by atoms with E-state index in [0.29, 0.717) is 17.1 Å². The van der Waals surface area contributed by atoms with Crippen molar-refractivity contribution in [2.24, 2.45) is 0 Å². The Morgan fingerprint density at radius 1 is 1.50 bits per heavy atom. The predicted molar refractivity (Wildman–Crippen MR) is 77.1 cm³/mol. The number of carboxylic acids is 1. The van der Waals surface area contributed by atoms with Crippen molar-refractivity contribution >= 4 is 29.2 Å². The first-order valence-corrected chi connectivity index (χ1v) is 6.84. The molecule has 1 atom stereocenters. The molecule has 1 saturated heterocycles. The zero-order valence-corrected chi connectivity index (χ0v) is 12.0. The Balaban J connectivity index is 2.32. The second-order valence-electron chi connectivity index (χ2n) is 5.13. The van der Waals surface area contributed by atoms with Gasteiger partial charge in [0, 0.05) is 10.7 Å². The summed E-state index contributed by atoms with van der Waals surface area (Å²) in [6.45, 7) is 2.19. The van der Waals surface area contributed by atoms with E-state index in [1.54, 1.807) is 24.3 Å². The number of nitrogens with zero attached hydrogens (tertiary/aromatic N) is 1. The summed E-state index contributed by atoms with van der Waals surface area (Å²) < 4.78 is 0. The number of nitrogens with one attached hydrogen (secondary N) is 1. The number of aliphatic carboxylic acids is 1. The number of hydrogen-bond acceptors (Lipinski definition) is 3. The lowest BCUT2D eigenvalue weighted by molar-refractivity contribution is -0.137. The molecule has 108 valence electrons. The van der Waals surface area contributed by atoms with E-state index in [1.165, 1.54) is 4.90 Å². The molecular weight excluding hydrogens is 280 g/mol. The van der Waals surface area contributed by atoms with Gasteiger partial charge in [0.05, 0.1) is 5.54 Å². The molecule has 6 heteroatoms. The van der Waals surface area contributed by atoms with E-state index < -0.39 is 11.5 Å². The molecule has 1 heterocycles. The van der Waals surface area contributed by atoms with Crippen molar-refractivity contribution < 1.29 is 14.7 Å². The topological polar surface area (TPSA) is 69.6 Å². The normalized spacial score (nSPS) is 21.7. The summed E-state index contributed by atoms with van der Waals surface area (Å²) in [7, 11) is 0. The first-order chi connectivity index (χ1) is 9.42. The standard InChI is InChI=1S/C14H17ClN2O3/c1-14(6-3-7-16-14)13(20)17(9-12(18)19)11-5-2-4-10(15)8-11/h2,4-5,8,16H,3,6-7,9H2,1H3,(H,18,19). The van der Waals surface area contributed by atoms with Gasteiger partial charge >= 0.3 is 5.97 Å². The Kier molecular flexibility index (Phi) is 4.30. The Morgan fingerprint density at radius 3 is 2.80 bits per heavy atom. The summed E-state index contributed by atoms with van der Waals surface area (Å²) in [5.41, 5.74) is -0.211. The van der Waals surface area contributed by atoms with Crippen molar-refractivity contribution in [2.45, 2.75) is 25.3 Å². The van der Waals surface area contributed by atoms with Gasteiger partial charge in [-0.1, -0.05) is 17.7 Å². The zero-order valence-electron chi connectivity index (χ0n) is 11.2. The molecule has 1 fully saturated rings. The van der Waals surface area contributed by atoms with Gasteiger partial charge in [-0.3, -0.25) is 14.5 Å². The molecule has 0 bridgehead atoms. The van der Waals surface area contributed by atoms with Gasteiger partial charge in [-0.05, 0) is 44.5 Å². The lowest BCUT2D eigenvalue weighted by atomic mass is 9.98. The average Bonchev–Trinajstić information content (AvgIpc) is 2.83. The van der Waals surface area contributed by atoms with Crippen LogP contribution in [0, 0.1) is 0 Å². The molecule has 1 aromatic carbocycles. The molecule has 1 aliphatic heterocycles. The number of hydrogen-bond donors (Lipinski definition) is 2. The quantitative estimate of drug-likeness (QED) is 0.890. The molecule has 20 heavy (non-hydrogen) atoms. The summed E-state index contributed by atoms with van der Waals surface area (Å²) in [5.74, 6) is -1.29. The van der Waals surface area contributed by atoms with Crippen LogP contribution in [0.15, 0.2) is 24.3 Å². The highest BCUT2D eigenvalue weighted by molar-refractivity contribution is 6.31. The third-order valence-corrected chi connectivity index (χ3v) is 3.73. The molecule has 5 nitrogen and oxygen atoms in total. The molecule has 2 rings (SSSR count). The van der Waals surface area contributed by atoms with Crippen LogP contribution in [0.25, 0.3) is 0 Å². The Bertz CT molecular complexity index is 527. The molecule has 1 aliphatic rings. The van der Waals surface area contributed by atoms with Gasteiger partial charge in [0.15, 0.2) is 0 Å². The van der Waals surface area contributed by atoms with Crippen molar-refractivity contribution in [3.05, 3.63) is 29.3 Å². The smallest absolute Gasteiger partial charge is 0.323 e. The predicted octanol–water partition coefficient (Wildman–Crippen LogP) is 1.90. The van der Waals surface area contributed by atoms with E-state index in [2.05, 4.69) is 5.32 Å². The highest BCUT2D eigenvalue weighted by Crippen LogP contribution is 2.26. The maximum atomic E-state index is 12.7. The molecule has 0 aliphatic carbocycles. The highest BCUT2D eigenvalue weighted by atomic mass is 35.5.